The number of phosphoric acid groups is 2. The number of carbonyl (C=O) groups excluding carboxylic acids is 4. The first kappa shape index (κ1) is 90.1. The summed E-state index contributed by atoms with van der Waals surface area (Å²) >= 11 is 0. The van der Waals surface area contributed by atoms with Crippen molar-refractivity contribution in [1.82, 2.24) is 0 Å². The molecule has 0 aromatic heterocycles. The van der Waals surface area contributed by atoms with Crippen LogP contribution in [0.1, 0.15) is 364 Å². The highest BCUT2D eigenvalue weighted by Crippen LogP contribution is 2.45. The van der Waals surface area contributed by atoms with Gasteiger partial charge in [-0.15, -0.1) is 0 Å². The number of rotatable bonds is 70. The molecular formula is C73H142O17P2. The van der Waals surface area contributed by atoms with Gasteiger partial charge in [0.05, 0.1) is 26.4 Å². The van der Waals surface area contributed by atoms with Crippen LogP contribution < -0.4 is 0 Å². The lowest BCUT2D eigenvalue weighted by atomic mass is 9.99. The van der Waals surface area contributed by atoms with Crippen molar-refractivity contribution >= 4 is 39.5 Å². The van der Waals surface area contributed by atoms with Gasteiger partial charge < -0.3 is 33.8 Å². The van der Waals surface area contributed by atoms with Gasteiger partial charge in [0.25, 0.3) is 0 Å². The van der Waals surface area contributed by atoms with Crippen LogP contribution in [0.2, 0.25) is 0 Å². The van der Waals surface area contributed by atoms with Gasteiger partial charge in [0.2, 0.25) is 0 Å². The molecule has 0 radical (unpaired) electrons. The Morgan fingerprint density at radius 3 is 0.772 bits per heavy atom. The van der Waals surface area contributed by atoms with Crippen molar-refractivity contribution in [3.63, 3.8) is 0 Å². The van der Waals surface area contributed by atoms with Gasteiger partial charge in [-0.1, -0.05) is 312 Å². The lowest BCUT2D eigenvalue weighted by Gasteiger charge is -2.21. The summed E-state index contributed by atoms with van der Waals surface area (Å²) in [6.45, 7) is 14.1. The van der Waals surface area contributed by atoms with E-state index in [4.69, 9.17) is 37.0 Å². The van der Waals surface area contributed by atoms with Crippen molar-refractivity contribution in [1.29, 1.82) is 0 Å². The van der Waals surface area contributed by atoms with E-state index in [9.17, 15) is 43.2 Å². The Labute approximate surface area is 562 Å². The predicted octanol–water partition coefficient (Wildman–Crippen LogP) is 20.9. The van der Waals surface area contributed by atoms with E-state index in [-0.39, 0.29) is 25.7 Å². The molecule has 0 saturated carbocycles. The van der Waals surface area contributed by atoms with Gasteiger partial charge in [-0.25, -0.2) is 9.13 Å². The Balaban J connectivity index is 5.11. The van der Waals surface area contributed by atoms with E-state index in [2.05, 4.69) is 55.4 Å². The molecule has 17 nitrogen and oxygen atoms in total. The number of ether oxygens (including phenoxy) is 4. The standard InChI is InChI=1S/C73H142O17P2/c1-9-65(7)51-43-35-27-21-19-17-15-13-11-12-14-16-18-20-22-28-37-45-53-70(75)83-60-69(90-73(78)56-48-40-32-31-36-44-52-66(8)10-2)62-88-92(81,82)86-58-67(74)57-85-91(79,80)87-61-68(89-72(77)55-47-39-30-24-26-34-42-50-64(5)6)59-84-71(76)54-46-38-29-23-25-33-41-49-63(3)4/h63-69,74H,9-62H2,1-8H3,(H,79,80)(H,81,82)/t65?,66?,67?,68-,69-/m1/s1. The smallest absolute Gasteiger partial charge is 0.462 e. The van der Waals surface area contributed by atoms with Crippen molar-refractivity contribution in [3.05, 3.63) is 0 Å². The molecule has 0 fully saturated rings. The van der Waals surface area contributed by atoms with Gasteiger partial charge in [-0.3, -0.25) is 37.3 Å². The average Bonchev–Trinajstić information content (AvgIpc) is 2.59. The van der Waals surface area contributed by atoms with E-state index < -0.39 is 97.5 Å². The second kappa shape index (κ2) is 62.6. The highest BCUT2D eigenvalue weighted by Gasteiger charge is 2.30. The molecule has 7 atom stereocenters. The van der Waals surface area contributed by atoms with E-state index in [0.29, 0.717) is 37.5 Å². The van der Waals surface area contributed by atoms with Crippen LogP contribution in [0.15, 0.2) is 0 Å². The van der Waals surface area contributed by atoms with Crippen molar-refractivity contribution in [2.45, 2.75) is 382 Å². The summed E-state index contributed by atoms with van der Waals surface area (Å²) < 4.78 is 68.3. The zero-order valence-electron chi connectivity index (χ0n) is 60.2. The van der Waals surface area contributed by atoms with Crippen LogP contribution in [-0.2, 0) is 65.4 Å². The number of carbonyl (C=O) groups is 4. The topological polar surface area (TPSA) is 237 Å². The van der Waals surface area contributed by atoms with Gasteiger partial charge in [0.15, 0.2) is 12.2 Å². The zero-order valence-corrected chi connectivity index (χ0v) is 62.0. The van der Waals surface area contributed by atoms with Crippen LogP contribution in [0.5, 0.6) is 0 Å². The van der Waals surface area contributed by atoms with Crippen LogP contribution in [0.4, 0.5) is 0 Å². The highest BCUT2D eigenvalue weighted by molar-refractivity contribution is 7.47. The Bertz CT molecular complexity index is 1820. The fraction of sp³-hybridized carbons (Fsp3) is 0.945. The van der Waals surface area contributed by atoms with Crippen molar-refractivity contribution in [3.8, 4) is 0 Å². The summed E-state index contributed by atoms with van der Waals surface area (Å²) in [5, 5.41) is 10.6. The first-order valence-corrected chi connectivity index (χ1v) is 40.8. The Hall–Kier alpha value is -1.94. The number of hydrogen-bond acceptors (Lipinski definition) is 15. The third kappa shape index (κ3) is 64.1. The minimum absolute atomic E-state index is 0.102. The molecule has 0 aliphatic rings. The SMILES string of the molecule is CCC(C)CCCCCCCCCCCCCCCCCCCCC(=O)OC[C@H](COP(=O)(O)OCC(O)COP(=O)(O)OC[C@@H](COC(=O)CCCCCCCCCC(C)C)OC(=O)CCCCCCCCCC(C)C)OC(=O)CCCCCCCCC(C)CC. The van der Waals surface area contributed by atoms with Gasteiger partial charge in [0, 0.05) is 25.7 Å². The molecule has 546 valence electrons. The number of aliphatic hydroxyl groups is 1. The van der Waals surface area contributed by atoms with Gasteiger partial charge in [-0.05, 0) is 49.4 Å². The second-order valence-corrected chi connectivity index (χ2v) is 30.7. The van der Waals surface area contributed by atoms with Crippen molar-refractivity contribution in [2.75, 3.05) is 39.6 Å². The van der Waals surface area contributed by atoms with Crippen LogP contribution in [0.3, 0.4) is 0 Å². The van der Waals surface area contributed by atoms with Crippen LogP contribution in [-0.4, -0.2) is 96.7 Å². The number of aliphatic hydroxyl groups excluding tert-OH is 1. The number of hydrogen-bond donors (Lipinski definition) is 3. The molecule has 0 aromatic carbocycles. The Kier molecular flexibility index (Phi) is 61.3. The highest BCUT2D eigenvalue weighted by atomic mass is 31.2. The summed E-state index contributed by atoms with van der Waals surface area (Å²) in [6, 6.07) is 0. The lowest BCUT2D eigenvalue weighted by Crippen LogP contribution is -2.30. The molecule has 3 N–H and O–H groups in total. The van der Waals surface area contributed by atoms with Crippen molar-refractivity contribution < 1.29 is 80.2 Å². The van der Waals surface area contributed by atoms with Crippen LogP contribution in [0.25, 0.3) is 0 Å². The minimum atomic E-state index is -4.95. The molecule has 0 heterocycles. The van der Waals surface area contributed by atoms with Gasteiger partial charge in [0.1, 0.15) is 19.3 Å². The molecular weight excluding hydrogens is 1210 g/mol. The summed E-state index contributed by atoms with van der Waals surface area (Å²) in [7, 11) is -9.90. The maximum atomic E-state index is 13.0. The Morgan fingerprint density at radius 1 is 0.304 bits per heavy atom. The van der Waals surface area contributed by atoms with E-state index >= 15 is 0 Å². The predicted molar refractivity (Wildman–Crippen MR) is 372 cm³/mol. The Morgan fingerprint density at radius 2 is 0.522 bits per heavy atom. The summed E-state index contributed by atoms with van der Waals surface area (Å²) in [4.78, 5) is 72.5. The van der Waals surface area contributed by atoms with E-state index in [1.807, 2.05) is 0 Å². The maximum absolute atomic E-state index is 13.0. The summed E-state index contributed by atoms with van der Waals surface area (Å²) in [6.07, 6.45) is 46.2. The lowest BCUT2D eigenvalue weighted by molar-refractivity contribution is -0.161. The zero-order chi connectivity index (χ0) is 68.2. The summed E-state index contributed by atoms with van der Waals surface area (Å²) in [5.74, 6) is 0.862. The van der Waals surface area contributed by atoms with E-state index in [1.165, 1.54) is 161 Å². The number of esters is 4. The molecule has 0 aliphatic heterocycles. The molecule has 0 saturated heterocycles. The van der Waals surface area contributed by atoms with Crippen LogP contribution in [0, 0.1) is 23.7 Å². The number of unbranched alkanes of at least 4 members (excludes halogenated alkanes) is 34. The summed E-state index contributed by atoms with van der Waals surface area (Å²) in [5.41, 5.74) is 0. The quantitative estimate of drug-likeness (QED) is 0.0222. The molecule has 0 bridgehead atoms. The fourth-order valence-corrected chi connectivity index (χ4v) is 12.5. The molecule has 92 heavy (non-hydrogen) atoms. The largest absolute Gasteiger partial charge is 0.472 e. The third-order valence-corrected chi connectivity index (χ3v) is 19.4. The van der Waals surface area contributed by atoms with Crippen molar-refractivity contribution in [2.24, 2.45) is 23.7 Å². The van der Waals surface area contributed by atoms with Gasteiger partial charge in [-0.2, -0.15) is 0 Å². The monoisotopic (exact) mass is 1350 g/mol. The molecule has 19 heteroatoms. The van der Waals surface area contributed by atoms with Crippen LogP contribution >= 0.6 is 15.6 Å². The minimum Gasteiger partial charge on any atom is -0.462 e. The van der Waals surface area contributed by atoms with E-state index in [0.717, 1.165) is 108 Å². The van der Waals surface area contributed by atoms with Gasteiger partial charge >= 0.3 is 39.5 Å². The molecule has 0 rings (SSSR count). The molecule has 5 unspecified atom stereocenters. The first-order chi connectivity index (χ1) is 44.2. The fourth-order valence-electron chi connectivity index (χ4n) is 11.0. The second-order valence-electron chi connectivity index (χ2n) is 27.8. The number of phosphoric ester groups is 2. The molecule has 0 aromatic rings. The molecule has 0 spiro atoms. The molecule has 0 amide bonds. The molecule has 0 aliphatic carbocycles. The third-order valence-electron chi connectivity index (χ3n) is 17.5. The normalized spacial score (nSPS) is 14.8. The van der Waals surface area contributed by atoms with E-state index in [1.54, 1.807) is 0 Å². The maximum Gasteiger partial charge on any atom is 0.472 e. The first-order valence-electron chi connectivity index (χ1n) is 37.8. The average molecular weight is 1350 g/mol.